The van der Waals surface area contributed by atoms with Crippen LogP contribution in [0.25, 0.3) is 0 Å². The Morgan fingerprint density at radius 2 is 2.10 bits per heavy atom. The minimum Gasteiger partial charge on any atom is -0.308 e. The van der Waals surface area contributed by atoms with Crippen molar-refractivity contribution < 1.29 is 4.79 Å². The van der Waals surface area contributed by atoms with Crippen molar-refractivity contribution in [2.45, 2.75) is 39.2 Å². The third-order valence-electron chi connectivity index (χ3n) is 4.68. The Morgan fingerprint density at radius 3 is 2.80 bits per heavy atom. The molecule has 108 valence electrons. The predicted molar refractivity (Wildman–Crippen MR) is 82.1 cm³/mol. The molecule has 1 aromatic carbocycles. The first kappa shape index (κ1) is 13.6. The van der Waals surface area contributed by atoms with Gasteiger partial charge in [-0.1, -0.05) is 31.5 Å². The van der Waals surface area contributed by atoms with E-state index in [1.165, 1.54) is 11.1 Å². The fraction of sp³-hybridized carbons (Fsp3) is 0.588. The van der Waals surface area contributed by atoms with Crippen molar-refractivity contribution >= 4 is 11.6 Å². The van der Waals surface area contributed by atoms with Gasteiger partial charge < -0.3 is 9.80 Å². The highest BCUT2D eigenvalue weighted by Gasteiger charge is 2.44. The molecule has 3 heteroatoms. The summed E-state index contributed by atoms with van der Waals surface area (Å²) in [6.07, 6.45) is 1.08. The minimum absolute atomic E-state index is 0.0579. The Balaban J connectivity index is 2.06. The molecule has 20 heavy (non-hydrogen) atoms. The first-order valence-electron chi connectivity index (χ1n) is 7.61. The fourth-order valence-electron chi connectivity index (χ4n) is 3.65. The van der Waals surface area contributed by atoms with Gasteiger partial charge in [0.2, 0.25) is 5.91 Å². The summed E-state index contributed by atoms with van der Waals surface area (Å²) in [6.45, 7) is 8.27. The number of carbonyl (C=O) groups is 1. The molecule has 2 heterocycles. The fourth-order valence-corrected chi connectivity index (χ4v) is 3.65. The van der Waals surface area contributed by atoms with Crippen LogP contribution in [0.4, 0.5) is 5.69 Å². The van der Waals surface area contributed by atoms with E-state index in [2.05, 4.69) is 42.0 Å². The molecule has 3 nitrogen and oxygen atoms in total. The maximum atomic E-state index is 12.6. The summed E-state index contributed by atoms with van der Waals surface area (Å²) in [7, 11) is 2.18. The van der Waals surface area contributed by atoms with Gasteiger partial charge in [0.05, 0.1) is 0 Å². The molecule has 0 N–H and O–H groups in total. The van der Waals surface area contributed by atoms with Crippen LogP contribution in [0.2, 0.25) is 0 Å². The van der Waals surface area contributed by atoms with Crippen LogP contribution in [0, 0.1) is 12.8 Å². The van der Waals surface area contributed by atoms with Gasteiger partial charge in [-0.25, -0.2) is 0 Å². The van der Waals surface area contributed by atoms with E-state index >= 15 is 0 Å². The van der Waals surface area contributed by atoms with Gasteiger partial charge in [-0.3, -0.25) is 4.79 Å². The molecule has 1 fully saturated rings. The van der Waals surface area contributed by atoms with Gasteiger partial charge in [-0.15, -0.1) is 0 Å². The monoisotopic (exact) mass is 272 g/mol. The highest BCUT2D eigenvalue weighted by molar-refractivity contribution is 5.98. The lowest BCUT2D eigenvalue weighted by Crippen LogP contribution is -2.48. The topological polar surface area (TPSA) is 23.6 Å². The average Bonchev–Trinajstić information content (AvgIpc) is 2.71. The van der Waals surface area contributed by atoms with Gasteiger partial charge in [-0.2, -0.15) is 0 Å². The molecule has 2 atom stereocenters. The average molecular weight is 272 g/mol. The summed E-state index contributed by atoms with van der Waals surface area (Å²) in [5, 5.41) is 0. The molecular formula is C17H24N2O. The van der Waals surface area contributed by atoms with Crippen molar-refractivity contribution in [3.8, 4) is 0 Å². The Labute approximate surface area is 121 Å². The number of likely N-dealkylation sites (N-methyl/N-ethyl adjacent to an activating group) is 1. The van der Waals surface area contributed by atoms with E-state index in [-0.39, 0.29) is 11.8 Å². The van der Waals surface area contributed by atoms with Crippen LogP contribution in [0.5, 0.6) is 0 Å². The molecule has 1 aromatic rings. The number of nitrogens with zero attached hydrogens (tertiary/aromatic N) is 2. The van der Waals surface area contributed by atoms with Crippen molar-refractivity contribution in [1.29, 1.82) is 0 Å². The third-order valence-corrected chi connectivity index (χ3v) is 4.68. The van der Waals surface area contributed by atoms with Gasteiger partial charge in [0.25, 0.3) is 0 Å². The Kier molecular flexibility index (Phi) is 3.33. The number of anilines is 1. The van der Waals surface area contributed by atoms with E-state index in [0.29, 0.717) is 12.0 Å². The molecule has 0 spiro atoms. The summed E-state index contributed by atoms with van der Waals surface area (Å²) < 4.78 is 0. The summed E-state index contributed by atoms with van der Waals surface area (Å²) in [5.41, 5.74) is 3.81. The quantitative estimate of drug-likeness (QED) is 0.785. The van der Waals surface area contributed by atoms with Gasteiger partial charge >= 0.3 is 0 Å². The molecule has 1 saturated heterocycles. The van der Waals surface area contributed by atoms with Crippen LogP contribution in [0.3, 0.4) is 0 Å². The molecule has 0 saturated carbocycles. The second-order valence-corrected chi connectivity index (χ2v) is 6.65. The molecule has 0 bridgehead atoms. The van der Waals surface area contributed by atoms with E-state index < -0.39 is 0 Å². The number of carbonyl (C=O) groups excluding carboxylic acids is 1. The SMILES string of the molecule is Cc1ccc2c(c1)[C@@H]1CN(C)CC[C@H]1N2C(=O)C(C)C. The number of benzene rings is 1. The lowest BCUT2D eigenvalue weighted by Gasteiger charge is -2.37. The van der Waals surface area contributed by atoms with E-state index in [9.17, 15) is 4.79 Å². The molecular weight excluding hydrogens is 248 g/mol. The van der Waals surface area contributed by atoms with Crippen molar-refractivity contribution in [3.05, 3.63) is 29.3 Å². The first-order valence-corrected chi connectivity index (χ1v) is 7.61. The lowest BCUT2D eigenvalue weighted by molar-refractivity contribution is -0.122. The van der Waals surface area contributed by atoms with E-state index in [0.717, 1.165) is 25.2 Å². The van der Waals surface area contributed by atoms with E-state index in [4.69, 9.17) is 0 Å². The summed E-state index contributed by atoms with van der Waals surface area (Å²) in [6, 6.07) is 6.90. The molecule has 0 aromatic heterocycles. The van der Waals surface area contributed by atoms with Gasteiger partial charge in [0, 0.05) is 30.1 Å². The van der Waals surface area contributed by atoms with Crippen molar-refractivity contribution in [3.63, 3.8) is 0 Å². The number of aryl methyl sites for hydroxylation is 1. The molecule has 0 radical (unpaired) electrons. The van der Waals surface area contributed by atoms with Crippen molar-refractivity contribution in [2.24, 2.45) is 5.92 Å². The zero-order valence-corrected chi connectivity index (χ0v) is 12.9. The maximum Gasteiger partial charge on any atom is 0.229 e. The smallest absolute Gasteiger partial charge is 0.229 e. The molecule has 3 rings (SSSR count). The molecule has 2 aliphatic heterocycles. The van der Waals surface area contributed by atoms with Crippen molar-refractivity contribution in [2.75, 3.05) is 25.0 Å². The predicted octanol–water partition coefficient (Wildman–Crippen LogP) is 2.79. The summed E-state index contributed by atoms with van der Waals surface area (Å²) >= 11 is 0. The van der Waals surface area contributed by atoms with Crippen molar-refractivity contribution in [1.82, 2.24) is 4.90 Å². The number of piperidine rings is 1. The highest BCUT2D eigenvalue weighted by Crippen LogP contribution is 2.45. The Morgan fingerprint density at radius 1 is 1.35 bits per heavy atom. The standard InChI is InChI=1S/C17H24N2O/c1-11(2)17(20)19-15-6-5-12(3)9-13(15)14-10-18(4)8-7-16(14)19/h5-6,9,11,14,16H,7-8,10H2,1-4H3/t14-,16+/m0/s1. The molecule has 1 amide bonds. The normalized spacial score (nSPS) is 25.8. The highest BCUT2D eigenvalue weighted by atomic mass is 16.2. The number of hydrogen-bond donors (Lipinski definition) is 0. The third kappa shape index (κ3) is 2.05. The largest absolute Gasteiger partial charge is 0.308 e. The number of rotatable bonds is 1. The number of amides is 1. The van der Waals surface area contributed by atoms with E-state index in [1.54, 1.807) is 0 Å². The zero-order valence-electron chi connectivity index (χ0n) is 12.9. The van der Waals surface area contributed by atoms with E-state index in [1.807, 2.05) is 13.8 Å². The Hall–Kier alpha value is -1.35. The van der Waals surface area contributed by atoms with Crippen LogP contribution in [-0.4, -0.2) is 37.0 Å². The van der Waals surface area contributed by atoms with Gasteiger partial charge in [0.15, 0.2) is 0 Å². The Bertz CT molecular complexity index is 538. The molecule has 0 aliphatic carbocycles. The zero-order chi connectivity index (χ0) is 14.4. The van der Waals surface area contributed by atoms with Gasteiger partial charge in [0.1, 0.15) is 0 Å². The summed E-state index contributed by atoms with van der Waals surface area (Å²) in [5.74, 6) is 0.807. The van der Waals surface area contributed by atoms with Crippen LogP contribution >= 0.6 is 0 Å². The van der Waals surface area contributed by atoms with Crippen LogP contribution < -0.4 is 4.90 Å². The minimum atomic E-state index is 0.0579. The van der Waals surface area contributed by atoms with Crippen LogP contribution in [0.1, 0.15) is 37.3 Å². The first-order chi connectivity index (χ1) is 9.49. The second kappa shape index (κ2) is 4.88. The number of likely N-dealkylation sites (tertiary alicyclic amines) is 1. The summed E-state index contributed by atoms with van der Waals surface area (Å²) in [4.78, 5) is 17.1. The number of fused-ring (bicyclic) bond motifs is 3. The second-order valence-electron chi connectivity index (χ2n) is 6.65. The maximum absolute atomic E-state index is 12.6. The number of hydrogen-bond acceptors (Lipinski definition) is 2. The van der Waals surface area contributed by atoms with Crippen LogP contribution in [-0.2, 0) is 4.79 Å². The van der Waals surface area contributed by atoms with Crippen LogP contribution in [0.15, 0.2) is 18.2 Å². The molecule has 2 aliphatic rings. The molecule has 0 unspecified atom stereocenters. The van der Waals surface area contributed by atoms with Gasteiger partial charge in [-0.05, 0) is 38.6 Å². The lowest BCUT2D eigenvalue weighted by atomic mass is 9.88.